The fourth-order valence-electron chi connectivity index (χ4n) is 2.16. The average Bonchev–Trinajstić information content (AvgIpc) is 2.31. The van der Waals surface area contributed by atoms with Crippen LogP contribution in [0.3, 0.4) is 0 Å². The van der Waals surface area contributed by atoms with Crippen molar-refractivity contribution in [2.24, 2.45) is 5.92 Å². The van der Waals surface area contributed by atoms with Crippen molar-refractivity contribution in [3.05, 3.63) is 0 Å². The first-order valence-corrected chi connectivity index (χ1v) is 7.07. The van der Waals surface area contributed by atoms with Gasteiger partial charge in [-0.05, 0) is 40.3 Å². The molecule has 0 N–H and O–H groups in total. The molecule has 0 aliphatic carbocycles. The Morgan fingerprint density at radius 3 is 2.18 bits per heavy atom. The molecule has 17 heavy (non-hydrogen) atoms. The molecule has 1 aliphatic rings. The summed E-state index contributed by atoms with van der Waals surface area (Å²) in [6, 6.07) is 0. The van der Waals surface area contributed by atoms with Gasteiger partial charge in [0.15, 0.2) is 0 Å². The van der Waals surface area contributed by atoms with Gasteiger partial charge in [0.1, 0.15) is 0 Å². The van der Waals surface area contributed by atoms with Crippen LogP contribution in [0.1, 0.15) is 47.0 Å². The zero-order valence-corrected chi connectivity index (χ0v) is 12.3. The summed E-state index contributed by atoms with van der Waals surface area (Å²) in [4.78, 5) is 16.2. The summed E-state index contributed by atoms with van der Waals surface area (Å²) in [5.41, 5.74) is 0. The minimum atomic E-state index is 0.244. The minimum absolute atomic E-state index is 0.244. The Morgan fingerprint density at radius 1 is 1.24 bits per heavy atom. The van der Waals surface area contributed by atoms with E-state index in [-0.39, 0.29) is 5.92 Å². The molecule has 102 valence electrons. The topological polar surface area (TPSA) is 23.6 Å². The van der Waals surface area contributed by atoms with Crippen molar-refractivity contribution >= 4 is 5.91 Å². The van der Waals surface area contributed by atoms with Crippen LogP contribution in [-0.2, 0) is 4.79 Å². The van der Waals surface area contributed by atoms with Crippen molar-refractivity contribution in [3.63, 3.8) is 0 Å². The molecule has 3 nitrogen and oxygen atoms in total. The van der Waals surface area contributed by atoms with Crippen LogP contribution in [0.15, 0.2) is 0 Å². The quantitative estimate of drug-likeness (QED) is 0.759. The third-order valence-electron chi connectivity index (χ3n) is 3.05. The van der Waals surface area contributed by atoms with Crippen LogP contribution in [0.25, 0.3) is 0 Å². The minimum Gasteiger partial charge on any atom is -0.343 e. The predicted molar refractivity (Wildman–Crippen MR) is 74.1 cm³/mol. The van der Waals surface area contributed by atoms with Crippen LogP contribution < -0.4 is 0 Å². The fraction of sp³-hybridized carbons (Fsp3) is 0.929. The maximum atomic E-state index is 12.0. The summed E-state index contributed by atoms with van der Waals surface area (Å²) in [5.74, 6) is 0.593. The Kier molecular flexibility index (Phi) is 9.14. The van der Waals surface area contributed by atoms with Gasteiger partial charge in [-0.3, -0.25) is 4.79 Å². The average molecular weight is 242 g/mol. The number of hydrogen-bond donors (Lipinski definition) is 0. The zero-order valence-electron chi connectivity index (χ0n) is 12.3. The molecule has 0 saturated carbocycles. The summed E-state index contributed by atoms with van der Waals surface area (Å²) in [6.07, 6.45) is 3.48. The van der Waals surface area contributed by atoms with E-state index < -0.39 is 0 Å². The molecule has 3 heteroatoms. The molecule has 1 rings (SSSR count). The van der Waals surface area contributed by atoms with E-state index in [1.165, 1.54) is 6.42 Å². The van der Waals surface area contributed by atoms with Crippen LogP contribution >= 0.6 is 0 Å². The number of hydrogen-bond acceptors (Lipinski definition) is 2. The van der Waals surface area contributed by atoms with Gasteiger partial charge in [-0.15, -0.1) is 0 Å². The van der Waals surface area contributed by atoms with Crippen molar-refractivity contribution in [2.75, 3.05) is 33.2 Å². The lowest BCUT2D eigenvalue weighted by molar-refractivity contribution is -0.136. The molecular formula is C14H30N2O. The highest BCUT2D eigenvalue weighted by Gasteiger charge is 2.26. The Labute approximate surface area is 107 Å². The van der Waals surface area contributed by atoms with Gasteiger partial charge in [-0.25, -0.2) is 0 Å². The van der Waals surface area contributed by atoms with E-state index in [0.29, 0.717) is 5.91 Å². The number of carbonyl (C=O) groups excluding carboxylic acids is 1. The molecule has 1 heterocycles. The molecule has 1 atom stereocenters. The zero-order chi connectivity index (χ0) is 13.3. The molecule has 0 bridgehead atoms. The van der Waals surface area contributed by atoms with E-state index in [4.69, 9.17) is 0 Å². The second-order valence-electron chi connectivity index (χ2n) is 4.82. The van der Waals surface area contributed by atoms with Gasteiger partial charge < -0.3 is 9.80 Å². The normalized spacial score (nSPS) is 20.4. The number of piperidine rings is 1. The summed E-state index contributed by atoms with van der Waals surface area (Å²) in [7, 11) is 2.10. The third kappa shape index (κ3) is 6.06. The van der Waals surface area contributed by atoms with Gasteiger partial charge in [0.2, 0.25) is 5.91 Å². The first-order valence-electron chi connectivity index (χ1n) is 7.07. The van der Waals surface area contributed by atoms with Crippen LogP contribution in [0.4, 0.5) is 0 Å². The Balaban J connectivity index is 0.000000770. The molecule has 0 spiro atoms. The van der Waals surface area contributed by atoms with E-state index in [0.717, 1.165) is 39.0 Å². The maximum absolute atomic E-state index is 12.0. The van der Waals surface area contributed by atoms with Gasteiger partial charge >= 0.3 is 0 Å². The van der Waals surface area contributed by atoms with Gasteiger partial charge in [-0.2, -0.15) is 0 Å². The smallest absolute Gasteiger partial charge is 0.226 e. The maximum Gasteiger partial charge on any atom is 0.226 e. The monoisotopic (exact) mass is 242 g/mol. The van der Waals surface area contributed by atoms with Gasteiger partial charge in [-0.1, -0.05) is 20.3 Å². The van der Waals surface area contributed by atoms with E-state index in [1.54, 1.807) is 0 Å². The van der Waals surface area contributed by atoms with E-state index in [9.17, 15) is 4.79 Å². The first-order chi connectivity index (χ1) is 8.10. The van der Waals surface area contributed by atoms with E-state index in [2.05, 4.69) is 25.8 Å². The van der Waals surface area contributed by atoms with Crippen LogP contribution in [0.5, 0.6) is 0 Å². The first kappa shape index (κ1) is 16.4. The fourth-order valence-corrected chi connectivity index (χ4v) is 2.16. The third-order valence-corrected chi connectivity index (χ3v) is 3.05. The van der Waals surface area contributed by atoms with Crippen molar-refractivity contribution < 1.29 is 4.79 Å². The Morgan fingerprint density at radius 2 is 1.76 bits per heavy atom. The molecule has 1 saturated heterocycles. The second-order valence-corrected chi connectivity index (χ2v) is 4.82. The molecule has 1 aliphatic heterocycles. The summed E-state index contributed by atoms with van der Waals surface area (Å²) < 4.78 is 0. The molecule has 0 aromatic carbocycles. The second kappa shape index (κ2) is 9.46. The van der Waals surface area contributed by atoms with Crippen molar-refractivity contribution in [3.8, 4) is 0 Å². The number of amides is 1. The lowest BCUT2D eigenvalue weighted by atomic mass is 9.97. The molecule has 0 aromatic rings. The lowest BCUT2D eigenvalue weighted by Crippen LogP contribution is -2.43. The Hall–Kier alpha value is -0.570. The van der Waals surface area contributed by atoms with Crippen molar-refractivity contribution in [1.82, 2.24) is 9.80 Å². The number of likely N-dealkylation sites (tertiary alicyclic amines) is 1. The standard InChI is InChI=1S/C11H22N2O.C3H8/c1-4-13(5-2)11(14)10-7-6-8-12(3)9-10;1-3-2/h10H,4-9H2,1-3H3;3H2,1-2H3. The number of nitrogens with zero attached hydrogens (tertiary/aromatic N) is 2. The molecular weight excluding hydrogens is 212 g/mol. The van der Waals surface area contributed by atoms with Crippen LogP contribution in [0, 0.1) is 5.92 Å². The van der Waals surface area contributed by atoms with E-state index in [1.807, 2.05) is 18.7 Å². The Bertz CT molecular complexity index is 202. The van der Waals surface area contributed by atoms with Crippen molar-refractivity contribution in [2.45, 2.75) is 47.0 Å². The molecule has 1 amide bonds. The highest BCUT2D eigenvalue weighted by Crippen LogP contribution is 2.17. The lowest BCUT2D eigenvalue weighted by Gasteiger charge is -2.32. The highest BCUT2D eigenvalue weighted by molar-refractivity contribution is 5.79. The van der Waals surface area contributed by atoms with Crippen LogP contribution in [-0.4, -0.2) is 48.9 Å². The van der Waals surface area contributed by atoms with Gasteiger partial charge in [0.25, 0.3) is 0 Å². The van der Waals surface area contributed by atoms with Gasteiger partial charge in [0, 0.05) is 19.6 Å². The molecule has 1 fully saturated rings. The number of rotatable bonds is 3. The summed E-state index contributed by atoms with van der Waals surface area (Å²) in [5, 5.41) is 0. The van der Waals surface area contributed by atoms with E-state index >= 15 is 0 Å². The van der Waals surface area contributed by atoms with Crippen LogP contribution in [0.2, 0.25) is 0 Å². The SMILES string of the molecule is CCC.CCN(CC)C(=O)C1CCCN(C)C1. The summed E-state index contributed by atoms with van der Waals surface area (Å²) >= 11 is 0. The molecule has 0 aromatic heterocycles. The highest BCUT2D eigenvalue weighted by atomic mass is 16.2. The predicted octanol–water partition coefficient (Wildman–Crippen LogP) is 2.61. The largest absolute Gasteiger partial charge is 0.343 e. The summed E-state index contributed by atoms with van der Waals surface area (Å²) in [6.45, 7) is 12.1. The van der Waals surface area contributed by atoms with Gasteiger partial charge in [0.05, 0.1) is 5.92 Å². The molecule has 1 unspecified atom stereocenters. The van der Waals surface area contributed by atoms with Crippen molar-refractivity contribution in [1.29, 1.82) is 0 Å². The number of carbonyl (C=O) groups is 1. The molecule has 0 radical (unpaired) electrons.